The molecule has 2 heteroatoms. The van der Waals surface area contributed by atoms with Gasteiger partial charge < -0.3 is 0 Å². The van der Waals surface area contributed by atoms with Gasteiger partial charge in [-0.2, -0.15) is 0 Å². The van der Waals surface area contributed by atoms with Crippen LogP contribution in [0, 0.1) is 0 Å². The van der Waals surface area contributed by atoms with Gasteiger partial charge in [0.05, 0.1) is 0 Å². The predicted octanol–water partition coefficient (Wildman–Crippen LogP) is 6.40. The molecule has 0 spiro atoms. The number of carbonyl (C=O) groups is 1. The van der Waals surface area contributed by atoms with Crippen LogP contribution in [0.15, 0.2) is 12.2 Å². The first kappa shape index (κ1) is 18.7. The molecule has 0 saturated carbocycles. The Hall–Kier alpha value is -0.300. The topological polar surface area (TPSA) is 17.1 Å². The molecule has 0 heterocycles. The third kappa shape index (κ3) is 13.9. The summed E-state index contributed by atoms with van der Waals surface area (Å²) in [7, 11) is 0. The maximum atomic E-state index is 10.7. The Balaban J connectivity index is 3.07. The Labute approximate surface area is 124 Å². The molecule has 0 aliphatic heterocycles. The Morgan fingerprint density at radius 2 is 1.16 bits per heavy atom. The first-order chi connectivity index (χ1) is 9.18. The highest BCUT2D eigenvalue weighted by Gasteiger charge is 2.01. The molecule has 112 valence electrons. The van der Waals surface area contributed by atoms with Crippen LogP contribution in [0.1, 0.15) is 90.4 Å². The van der Waals surface area contributed by atoms with Gasteiger partial charge in [0.2, 0.25) is 5.24 Å². The molecular formula is C17H31ClO. The number of carbonyl (C=O) groups excluding carboxylic acids is 1. The molecule has 0 aromatic carbocycles. The molecule has 0 aliphatic rings. The van der Waals surface area contributed by atoms with E-state index < -0.39 is 0 Å². The second-order valence-electron chi connectivity index (χ2n) is 5.52. The molecule has 0 atom stereocenters. The number of rotatable bonds is 14. The lowest BCUT2D eigenvalue weighted by atomic mass is 10.0. The van der Waals surface area contributed by atoms with E-state index in [0.717, 1.165) is 12.8 Å². The van der Waals surface area contributed by atoms with E-state index in [9.17, 15) is 4.79 Å². The number of unbranched alkanes of at least 4 members (excludes halogenated alkanes) is 11. The highest BCUT2D eigenvalue weighted by molar-refractivity contribution is 6.67. The number of hydrogen-bond acceptors (Lipinski definition) is 1. The van der Waals surface area contributed by atoms with E-state index in [1.54, 1.807) is 0 Å². The van der Waals surface area contributed by atoms with Crippen LogP contribution in [0.2, 0.25) is 0 Å². The predicted molar refractivity (Wildman–Crippen MR) is 85.7 cm³/mol. The van der Waals surface area contributed by atoms with Gasteiger partial charge in [0, 0.05) is 5.57 Å². The van der Waals surface area contributed by atoms with Gasteiger partial charge in [0.25, 0.3) is 0 Å². The lowest BCUT2D eigenvalue weighted by molar-refractivity contribution is -0.108. The van der Waals surface area contributed by atoms with Crippen molar-refractivity contribution in [1.29, 1.82) is 0 Å². The molecule has 0 rings (SSSR count). The average Bonchev–Trinajstić information content (AvgIpc) is 2.39. The minimum Gasteiger partial charge on any atom is -0.276 e. The molecule has 0 aromatic rings. The summed E-state index contributed by atoms with van der Waals surface area (Å²) >= 11 is 5.33. The molecule has 0 amide bonds. The van der Waals surface area contributed by atoms with E-state index in [1.807, 2.05) is 0 Å². The maximum absolute atomic E-state index is 10.7. The van der Waals surface area contributed by atoms with Crippen molar-refractivity contribution in [2.24, 2.45) is 0 Å². The van der Waals surface area contributed by atoms with Crippen LogP contribution in [0.4, 0.5) is 0 Å². The molecule has 0 radical (unpaired) electrons. The Morgan fingerprint density at radius 3 is 1.53 bits per heavy atom. The highest BCUT2D eigenvalue weighted by Crippen LogP contribution is 2.14. The molecule has 0 fully saturated rings. The van der Waals surface area contributed by atoms with Crippen LogP contribution >= 0.6 is 11.6 Å². The molecule has 0 saturated heterocycles. The number of allylic oxidation sites excluding steroid dienone is 1. The van der Waals surface area contributed by atoms with Crippen molar-refractivity contribution in [1.82, 2.24) is 0 Å². The van der Waals surface area contributed by atoms with Crippen molar-refractivity contribution in [3.63, 3.8) is 0 Å². The third-order valence-corrected chi connectivity index (χ3v) is 3.88. The van der Waals surface area contributed by atoms with Gasteiger partial charge >= 0.3 is 0 Å². The monoisotopic (exact) mass is 286 g/mol. The standard InChI is InChI=1S/C17H31ClO/c1-3-4-5-6-7-8-9-10-11-12-13-14-15-16(2)17(18)19/h2-15H2,1H3. The normalized spacial score (nSPS) is 10.6. The van der Waals surface area contributed by atoms with Crippen molar-refractivity contribution in [3.8, 4) is 0 Å². The van der Waals surface area contributed by atoms with Crippen LogP contribution in [-0.4, -0.2) is 5.24 Å². The van der Waals surface area contributed by atoms with Crippen molar-refractivity contribution in [2.45, 2.75) is 90.4 Å². The number of hydrogen-bond donors (Lipinski definition) is 0. The van der Waals surface area contributed by atoms with Crippen LogP contribution in [-0.2, 0) is 4.79 Å². The summed E-state index contributed by atoms with van der Waals surface area (Å²) < 4.78 is 0. The zero-order chi connectivity index (χ0) is 14.3. The summed E-state index contributed by atoms with van der Waals surface area (Å²) in [5.74, 6) is 0. The van der Waals surface area contributed by atoms with E-state index in [0.29, 0.717) is 5.57 Å². The molecule has 1 nitrogen and oxygen atoms in total. The third-order valence-electron chi connectivity index (χ3n) is 3.61. The summed E-state index contributed by atoms with van der Waals surface area (Å²) in [6.45, 7) is 5.92. The highest BCUT2D eigenvalue weighted by atomic mass is 35.5. The fraction of sp³-hybridized carbons (Fsp3) is 0.824. The minimum absolute atomic E-state index is 0.372. The van der Waals surface area contributed by atoms with Crippen molar-refractivity contribution in [3.05, 3.63) is 12.2 Å². The van der Waals surface area contributed by atoms with E-state index in [2.05, 4.69) is 13.5 Å². The average molecular weight is 287 g/mol. The SMILES string of the molecule is C=C(CCCCCCCCCCCCCC)C(=O)Cl. The first-order valence-corrected chi connectivity index (χ1v) is 8.44. The minimum atomic E-state index is -0.372. The summed E-state index contributed by atoms with van der Waals surface area (Å²) in [4.78, 5) is 10.7. The van der Waals surface area contributed by atoms with E-state index in [1.165, 1.54) is 70.6 Å². The largest absolute Gasteiger partial charge is 0.276 e. The molecule has 0 aromatic heterocycles. The number of halogens is 1. The molecular weight excluding hydrogens is 256 g/mol. The first-order valence-electron chi connectivity index (χ1n) is 8.06. The van der Waals surface area contributed by atoms with Crippen molar-refractivity contribution >= 4 is 16.8 Å². The summed E-state index contributed by atoms with van der Waals surface area (Å²) in [5.41, 5.74) is 0.564. The van der Waals surface area contributed by atoms with Gasteiger partial charge in [-0.3, -0.25) is 4.79 Å². The Bertz CT molecular complexity index is 235. The Morgan fingerprint density at radius 1 is 0.789 bits per heavy atom. The second-order valence-corrected chi connectivity index (χ2v) is 5.86. The van der Waals surface area contributed by atoms with Gasteiger partial charge in [-0.15, -0.1) is 0 Å². The molecule has 0 N–H and O–H groups in total. The smallest absolute Gasteiger partial charge is 0.247 e. The summed E-state index contributed by atoms with van der Waals surface area (Å²) in [6.07, 6.45) is 16.8. The molecule has 0 bridgehead atoms. The van der Waals surface area contributed by atoms with Crippen molar-refractivity contribution in [2.75, 3.05) is 0 Å². The van der Waals surface area contributed by atoms with E-state index in [4.69, 9.17) is 11.6 Å². The zero-order valence-electron chi connectivity index (χ0n) is 12.7. The Kier molecular flexibility index (Phi) is 13.9. The lowest BCUT2D eigenvalue weighted by Crippen LogP contribution is -1.91. The molecule has 19 heavy (non-hydrogen) atoms. The second kappa shape index (κ2) is 14.1. The van der Waals surface area contributed by atoms with Gasteiger partial charge in [-0.1, -0.05) is 84.1 Å². The summed E-state index contributed by atoms with van der Waals surface area (Å²) in [6, 6.07) is 0. The zero-order valence-corrected chi connectivity index (χ0v) is 13.4. The van der Waals surface area contributed by atoms with Gasteiger partial charge in [-0.25, -0.2) is 0 Å². The molecule has 0 aliphatic carbocycles. The lowest BCUT2D eigenvalue weighted by Gasteiger charge is -2.03. The van der Waals surface area contributed by atoms with Gasteiger partial charge in [0.15, 0.2) is 0 Å². The van der Waals surface area contributed by atoms with Crippen LogP contribution in [0.5, 0.6) is 0 Å². The summed E-state index contributed by atoms with van der Waals surface area (Å²) in [5, 5.41) is -0.372. The maximum Gasteiger partial charge on any atom is 0.247 e. The van der Waals surface area contributed by atoms with Crippen LogP contribution in [0.3, 0.4) is 0 Å². The van der Waals surface area contributed by atoms with Crippen molar-refractivity contribution < 1.29 is 4.79 Å². The van der Waals surface area contributed by atoms with E-state index >= 15 is 0 Å². The van der Waals surface area contributed by atoms with Gasteiger partial charge in [-0.05, 0) is 24.4 Å². The fourth-order valence-corrected chi connectivity index (χ4v) is 2.37. The van der Waals surface area contributed by atoms with Crippen LogP contribution in [0.25, 0.3) is 0 Å². The quantitative estimate of drug-likeness (QED) is 0.205. The van der Waals surface area contributed by atoms with Gasteiger partial charge in [0.1, 0.15) is 0 Å². The van der Waals surface area contributed by atoms with Crippen LogP contribution < -0.4 is 0 Å². The fourth-order valence-electron chi connectivity index (χ4n) is 2.28. The molecule has 0 unspecified atom stereocenters. The van der Waals surface area contributed by atoms with E-state index in [-0.39, 0.29) is 5.24 Å².